The number of benzene rings is 2. The lowest BCUT2D eigenvalue weighted by atomic mass is 10.0. The first kappa shape index (κ1) is 21.5. The molecule has 0 spiro atoms. The van der Waals surface area contributed by atoms with E-state index in [0.29, 0.717) is 18.0 Å². The fourth-order valence-corrected chi connectivity index (χ4v) is 3.37. The molecule has 2 N–H and O–H groups in total. The quantitative estimate of drug-likeness (QED) is 0.777. The molecule has 3 rings (SSSR count). The maximum Gasteiger partial charge on any atom is 0.222 e. The number of likely N-dealkylation sites (tertiary alicyclic amines) is 1. The first-order valence-electron chi connectivity index (χ1n) is 9.12. The Labute approximate surface area is 172 Å². The van der Waals surface area contributed by atoms with Crippen molar-refractivity contribution in [3.8, 4) is 5.75 Å². The summed E-state index contributed by atoms with van der Waals surface area (Å²) in [6.45, 7) is 2.02. The van der Waals surface area contributed by atoms with Crippen LogP contribution in [0.3, 0.4) is 0 Å². The van der Waals surface area contributed by atoms with Gasteiger partial charge in [-0.3, -0.25) is 4.79 Å². The maximum absolute atomic E-state index is 12.5. The predicted molar refractivity (Wildman–Crippen MR) is 112 cm³/mol. The van der Waals surface area contributed by atoms with Crippen LogP contribution in [0, 0.1) is 0 Å². The highest BCUT2D eigenvalue weighted by molar-refractivity contribution is 6.32. The van der Waals surface area contributed by atoms with Crippen molar-refractivity contribution >= 4 is 29.9 Å². The fraction of sp³-hybridized carbons (Fsp3) is 0.381. The van der Waals surface area contributed by atoms with E-state index in [-0.39, 0.29) is 24.4 Å². The summed E-state index contributed by atoms with van der Waals surface area (Å²) in [5, 5.41) is 0.631. The van der Waals surface area contributed by atoms with E-state index in [9.17, 15) is 4.79 Å². The number of rotatable bonds is 6. The van der Waals surface area contributed by atoms with Crippen molar-refractivity contribution in [1.82, 2.24) is 4.90 Å². The average molecular weight is 409 g/mol. The molecule has 2 aromatic rings. The van der Waals surface area contributed by atoms with Gasteiger partial charge in [0.25, 0.3) is 0 Å². The van der Waals surface area contributed by atoms with Crippen LogP contribution in [-0.4, -0.2) is 30.0 Å². The second kappa shape index (κ2) is 10.5. The summed E-state index contributed by atoms with van der Waals surface area (Å²) < 4.78 is 5.99. The lowest BCUT2D eigenvalue weighted by Gasteiger charge is -2.32. The number of para-hydroxylation sites is 1. The molecule has 0 unspecified atom stereocenters. The normalized spacial score (nSPS) is 14.5. The van der Waals surface area contributed by atoms with Gasteiger partial charge < -0.3 is 15.4 Å². The zero-order valence-electron chi connectivity index (χ0n) is 15.3. The second-order valence-electron chi connectivity index (χ2n) is 6.65. The van der Waals surface area contributed by atoms with Gasteiger partial charge in [0.1, 0.15) is 11.9 Å². The van der Waals surface area contributed by atoms with Crippen LogP contribution < -0.4 is 10.5 Å². The molecule has 1 fully saturated rings. The van der Waals surface area contributed by atoms with Gasteiger partial charge in [-0.05, 0) is 29.7 Å². The number of piperidine rings is 1. The lowest BCUT2D eigenvalue weighted by Crippen LogP contribution is -2.41. The van der Waals surface area contributed by atoms with E-state index in [1.54, 1.807) is 0 Å². The maximum atomic E-state index is 12.5. The van der Waals surface area contributed by atoms with E-state index >= 15 is 0 Å². The van der Waals surface area contributed by atoms with Crippen molar-refractivity contribution in [2.75, 3.05) is 13.1 Å². The molecule has 27 heavy (non-hydrogen) atoms. The molecule has 0 radical (unpaired) electrons. The summed E-state index contributed by atoms with van der Waals surface area (Å²) in [5.74, 6) is 0.934. The Balaban J connectivity index is 0.00000261. The number of nitrogens with zero attached hydrogens (tertiary/aromatic N) is 1. The number of amides is 1. The minimum atomic E-state index is 0. The van der Waals surface area contributed by atoms with Gasteiger partial charge in [0.05, 0.1) is 5.02 Å². The molecule has 0 atom stereocenters. The van der Waals surface area contributed by atoms with Gasteiger partial charge in [0.15, 0.2) is 0 Å². The summed E-state index contributed by atoms with van der Waals surface area (Å²) in [7, 11) is 0. The minimum Gasteiger partial charge on any atom is -0.489 e. The van der Waals surface area contributed by atoms with Crippen LogP contribution in [0.15, 0.2) is 48.5 Å². The molecule has 0 aliphatic carbocycles. The summed E-state index contributed by atoms with van der Waals surface area (Å²) >= 11 is 6.14. The van der Waals surface area contributed by atoms with Crippen molar-refractivity contribution in [3.05, 3.63) is 64.7 Å². The molecule has 4 nitrogen and oxygen atoms in total. The predicted octanol–water partition coefficient (Wildman–Crippen LogP) is 4.22. The van der Waals surface area contributed by atoms with Gasteiger partial charge in [0.2, 0.25) is 5.91 Å². The van der Waals surface area contributed by atoms with Crippen LogP contribution in [0.4, 0.5) is 0 Å². The summed E-state index contributed by atoms with van der Waals surface area (Å²) in [6, 6.07) is 15.7. The summed E-state index contributed by atoms with van der Waals surface area (Å²) in [5.41, 5.74) is 7.89. The Morgan fingerprint density at radius 2 is 1.70 bits per heavy atom. The van der Waals surface area contributed by atoms with Gasteiger partial charge in [-0.2, -0.15) is 0 Å². The molecule has 0 aromatic heterocycles. The zero-order chi connectivity index (χ0) is 18.4. The van der Waals surface area contributed by atoms with Gasteiger partial charge in [-0.1, -0.05) is 48.0 Å². The van der Waals surface area contributed by atoms with Crippen molar-refractivity contribution in [2.45, 2.75) is 38.3 Å². The SMILES string of the molecule is Cl.NCc1ccc(CCC(=O)N2CCC(Oc3ccccc3Cl)CC2)cc1. The number of hydrogen-bond donors (Lipinski definition) is 1. The Morgan fingerprint density at radius 1 is 1.07 bits per heavy atom. The minimum absolute atomic E-state index is 0. The third-order valence-electron chi connectivity index (χ3n) is 4.81. The highest BCUT2D eigenvalue weighted by Gasteiger charge is 2.24. The Morgan fingerprint density at radius 3 is 2.33 bits per heavy atom. The first-order chi connectivity index (χ1) is 12.7. The molecule has 1 aliphatic rings. The topological polar surface area (TPSA) is 55.6 Å². The average Bonchev–Trinajstić information content (AvgIpc) is 2.69. The first-order valence-corrected chi connectivity index (χ1v) is 9.50. The lowest BCUT2D eigenvalue weighted by molar-refractivity contribution is -0.132. The third-order valence-corrected chi connectivity index (χ3v) is 5.12. The van der Waals surface area contributed by atoms with Gasteiger partial charge in [0, 0.05) is 38.9 Å². The molecular weight excluding hydrogens is 383 g/mol. The Hall–Kier alpha value is -1.75. The summed E-state index contributed by atoms with van der Waals surface area (Å²) in [4.78, 5) is 14.4. The molecular formula is C21H26Cl2N2O2. The van der Waals surface area contributed by atoms with Gasteiger partial charge >= 0.3 is 0 Å². The molecule has 146 valence electrons. The van der Waals surface area contributed by atoms with Crippen molar-refractivity contribution in [3.63, 3.8) is 0 Å². The van der Waals surface area contributed by atoms with Crippen molar-refractivity contribution in [1.29, 1.82) is 0 Å². The molecule has 1 saturated heterocycles. The Bertz CT molecular complexity index is 729. The fourth-order valence-electron chi connectivity index (χ4n) is 3.19. The van der Waals surface area contributed by atoms with Crippen LogP contribution >= 0.6 is 24.0 Å². The molecule has 1 amide bonds. The molecule has 2 aromatic carbocycles. The molecule has 6 heteroatoms. The highest BCUT2D eigenvalue weighted by atomic mass is 35.5. The number of nitrogens with two attached hydrogens (primary N) is 1. The van der Waals surface area contributed by atoms with Gasteiger partial charge in [-0.25, -0.2) is 0 Å². The summed E-state index contributed by atoms with van der Waals surface area (Å²) in [6.07, 6.45) is 3.09. The van der Waals surface area contributed by atoms with E-state index in [1.807, 2.05) is 41.3 Å². The van der Waals surface area contributed by atoms with E-state index in [1.165, 1.54) is 5.56 Å². The van der Waals surface area contributed by atoms with Crippen LogP contribution in [0.1, 0.15) is 30.4 Å². The number of hydrogen-bond acceptors (Lipinski definition) is 3. The van der Waals surface area contributed by atoms with E-state index < -0.39 is 0 Å². The number of ether oxygens (including phenoxy) is 1. The highest BCUT2D eigenvalue weighted by Crippen LogP contribution is 2.27. The number of halogens is 2. The number of aryl methyl sites for hydroxylation is 1. The van der Waals surface area contributed by atoms with Gasteiger partial charge in [-0.15, -0.1) is 12.4 Å². The third kappa shape index (κ3) is 6.13. The standard InChI is InChI=1S/C21H25ClN2O2.ClH/c22-19-3-1-2-4-20(19)26-18-11-13-24(14-12-18)21(25)10-9-16-5-7-17(15-23)8-6-16;/h1-8,18H,9-15,23H2;1H. The Kier molecular flexibility index (Phi) is 8.42. The monoisotopic (exact) mass is 408 g/mol. The van der Waals surface area contributed by atoms with Crippen LogP contribution in [0.5, 0.6) is 5.75 Å². The van der Waals surface area contributed by atoms with Crippen LogP contribution in [-0.2, 0) is 17.8 Å². The van der Waals surface area contributed by atoms with E-state index in [2.05, 4.69) is 12.1 Å². The van der Waals surface area contributed by atoms with E-state index in [4.69, 9.17) is 22.1 Å². The largest absolute Gasteiger partial charge is 0.489 e. The van der Waals surface area contributed by atoms with Crippen molar-refractivity contribution < 1.29 is 9.53 Å². The molecule has 1 heterocycles. The molecule has 0 saturated carbocycles. The number of carbonyl (C=O) groups excluding carboxylic acids is 1. The smallest absolute Gasteiger partial charge is 0.222 e. The molecule has 0 bridgehead atoms. The zero-order valence-corrected chi connectivity index (χ0v) is 16.8. The van der Waals surface area contributed by atoms with E-state index in [0.717, 1.165) is 43.7 Å². The van der Waals surface area contributed by atoms with Crippen molar-refractivity contribution in [2.24, 2.45) is 5.73 Å². The number of carbonyl (C=O) groups is 1. The van der Waals surface area contributed by atoms with Crippen LogP contribution in [0.2, 0.25) is 5.02 Å². The second-order valence-corrected chi connectivity index (χ2v) is 7.06. The molecule has 1 aliphatic heterocycles. The van der Waals surface area contributed by atoms with Crippen LogP contribution in [0.25, 0.3) is 0 Å².